The Morgan fingerprint density at radius 3 is 2.63 bits per heavy atom. The van der Waals surface area contributed by atoms with E-state index in [0.29, 0.717) is 40.4 Å². The number of carbonyl (C=O) groups excluding carboxylic acids is 1. The lowest BCUT2D eigenvalue weighted by Crippen LogP contribution is -2.43. The summed E-state index contributed by atoms with van der Waals surface area (Å²) in [5, 5.41) is 3.28. The third-order valence-corrected chi connectivity index (χ3v) is 4.21. The van der Waals surface area contributed by atoms with Gasteiger partial charge in [0.1, 0.15) is 22.7 Å². The molecule has 0 aliphatic carbocycles. The van der Waals surface area contributed by atoms with Crippen molar-refractivity contribution >= 4 is 16.8 Å². The van der Waals surface area contributed by atoms with Crippen LogP contribution in [0.1, 0.15) is 33.3 Å². The molecule has 0 atom stereocenters. The van der Waals surface area contributed by atoms with Crippen LogP contribution < -0.4 is 20.3 Å². The minimum atomic E-state index is -0.324. The second kappa shape index (κ2) is 8.57. The van der Waals surface area contributed by atoms with Crippen LogP contribution >= 0.6 is 0 Å². The summed E-state index contributed by atoms with van der Waals surface area (Å²) >= 11 is 0. The Labute approximate surface area is 175 Å². The summed E-state index contributed by atoms with van der Waals surface area (Å²) in [4.78, 5) is 32.2. The fourth-order valence-corrected chi connectivity index (χ4v) is 3.11. The second-order valence-electron chi connectivity index (χ2n) is 8.12. The van der Waals surface area contributed by atoms with Crippen LogP contribution in [0.25, 0.3) is 22.3 Å². The van der Waals surface area contributed by atoms with Gasteiger partial charge in [-0.25, -0.2) is 4.98 Å². The number of aromatic amines is 1. The van der Waals surface area contributed by atoms with Gasteiger partial charge in [0.05, 0.1) is 12.1 Å². The Kier molecular flexibility index (Phi) is 6.10. The van der Waals surface area contributed by atoms with Crippen LogP contribution in [0.15, 0.2) is 41.2 Å². The smallest absolute Gasteiger partial charge is 0.262 e. The van der Waals surface area contributed by atoms with Crippen LogP contribution in [0.5, 0.6) is 11.5 Å². The Bertz CT molecular complexity index is 1130. The summed E-state index contributed by atoms with van der Waals surface area (Å²) in [7, 11) is 0. The zero-order valence-electron chi connectivity index (χ0n) is 18.0. The molecule has 0 saturated heterocycles. The van der Waals surface area contributed by atoms with E-state index in [9.17, 15) is 9.59 Å². The van der Waals surface area contributed by atoms with Crippen molar-refractivity contribution in [3.05, 3.63) is 52.3 Å². The van der Waals surface area contributed by atoms with E-state index in [4.69, 9.17) is 9.47 Å². The number of nitrogens with zero attached hydrogens (tertiary/aromatic N) is 1. The van der Waals surface area contributed by atoms with Crippen LogP contribution in [0.3, 0.4) is 0 Å². The van der Waals surface area contributed by atoms with Crippen LogP contribution in [0.4, 0.5) is 0 Å². The molecule has 0 spiro atoms. The number of rotatable bonds is 6. The highest BCUT2D eigenvalue weighted by atomic mass is 16.5. The van der Waals surface area contributed by atoms with Crippen molar-refractivity contribution in [1.82, 2.24) is 15.3 Å². The number of aryl methyl sites for hydroxylation is 1. The molecular weight excluding hydrogens is 382 g/mol. The predicted octanol–water partition coefficient (Wildman–Crippen LogP) is 3.59. The minimum absolute atomic E-state index is 0.0979. The van der Waals surface area contributed by atoms with Crippen LogP contribution in [-0.4, -0.2) is 34.6 Å². The first-order valence-corrected chi connectivity index (χ1v) is 9.88. The summed E-state index contributed by atoms with van der Waals surface area (Å²) < 4.78 is 11.2. The maximum atomic E-state index is 12.8. The number of benzene rings is 2. The number of hydrogen-bond donors (Lipinski definition) is 2. The van der Waals surface area contributed by atoms with E-state index in [1.165, 1.54) is 0 Å². The molecule has 1 aromatic heterocycles. The zero-order valence-corrected chi connectivity index (χ0v) is 18.0. The van der Waals surface area contributed by atoms with Crippen molar-refractivity contribution in [2.24, 2.45) is 0 Å². The Morgan fingerprint density at radius 2 is 1.93 bits per heavy atom. The number of fused-ring (bicyclic) bond motifs is 1. The molecule has 2 aromatic carbocycles. The van der Waals surface area contributed by atoms with Crippen molar-refractivity contribution in [3.8, 4) is 22.9 Å². The number of hydrogen-bond acceptors (Lipinski definition) is 5. The number of carbonyl (C=O) groups is 1. The summed E-state index contributed by atoms with van der Waals surface area (Å²) in [5.41, 5.74) is 1.61. The average molecular weight is 409 g/mol. The molecule has 7 nitrogen and oxygen atoms in total. The molecule has 0 bridgehead atoms. The fourth-order valence-electron chi connectivity index (χ4n) is 3.11. The molecule has 30 heavy (non-hydrogen) atoms. The van der Waals surface area contributed by atoms with E-state index in [1.54, 1.807) is 18.2 Å². The van der Waals surface area contributed by atoms with Gasteiger partial charge in [0, 0.05) is 11.1 Å². The zero-order chi connectivity index (χ0) is 21.9. The van der Waals surface area contributed by atoms with Crippen molar-refractivity contribution in [1.29, 1.82) is 0 Å². The van der Waals surface area contributed by atoms with Gasteiger partial charge in [-0.15, -0.1) is 0 Å². The molecule has 0 aliphatic rings. The maximum Gasteiger partial charge on any atom is 0.262 e. The lowest BCUT2D eigenvalue weighted by Gasteiger charge is -2.20. The summed E-state index contributed by atoms with van der Waals surface area (Å²) in [6.45, 7) is 9.89. The predicted molar refractivity (Wildman–Crippen MR) is 117 cm³/mol. The molecule has 3 rings (SSSR count). The first-order valence-electron chi connectivity index (χ1n) is 9.88. The summed E-state index contributed by atoms with van der Waals surface area (Å²) in [6, 6.07) is 10.8. The molecule has 2 N–H and O–H groups in total. The molecule has 0 fully saturated rings. The van der Waals surface area contributed by atoms with Gasteiger partial charge in [0.25, 0.3) is 11.5 Å². The average Bonchev–Trinajstić information content (AvgIpc) is 2.65. The Morgan fingerprint density at radius 1 is 1.17 bits per heavy atom. The van der Waals surface area contributed by atoms with E-state index in [-0.39, 0.29) is 23.6 Å². The molecule has 1 amide bonds. The third-order valence-electron chi connectivity index (χ3n) is 4.21. The largest absolute Gasteiger partial charge is 0.493 e. The second-order valence-corrected chi connectivity index (χ2v) is 8.12. The lowest BCUT2D eigenvalue weighted by atomic mass is 10.1. The van der Waals surface area contributed by atoms with Crippen molar-refractivity contribution in [3.63, 3.8) is 0 Å². The molecule has 0 saturated carbocycles. The highest BCUT2D eigenvalue weighted by Gasteiger charge is 2.15. The highest BCUT2D eigenvalue weighted by molar-refractivity contribution is 5.86. The number of ether oxygens (including phenoxy) is 2. The fraction of sp³-hybridized carbons (Fsp3) is 0.348. The Balaban J connectivity index is 1.90. The molecule has 0 aliphatic heterocycles. The minimum Gasteiger partial charge on any atom is -0.493 e. The van der Waals surface area contributed by atoms with Crippen LogP contribution in [0.2, 0.25) is 0 Å². The van der Waals surface area contributed by atoms with Crippen molar-refractivity contribution in [2.75, 3.05) is 13.2 Å². The van der Waals surface area contributed by atoms with E-state index in [1.807, 2.05) is 52.8 Å². The van der Waals surface area contributed by atoms with E-state index in [0.717, 1.165) is 5.56 Å². The van der Waals surface area contributed by atoms with E-state index < -0.39 is 0 Å². The molecule has 7 heteroatoms. The quantitative estimate of drug-likeness (QED) is 0.649. The molecule has 3 aromatic rings. The monoisotopic (exact) mass is 409 g/mol. The molecule has 1 heterocycles. The summed E-state index contributed by atoms with van der Waals surface area (Å²) in [6.07, 6.45) is 0. The van der Waals surface area contributed by atoms with Crippen molar-refractivity contribution in [2.45, 2.75) is 40.2 Å². The molecule has 158 valence electrons. The molecule has 0 unspecified atom stereocenters. The lowest BCUT2D eigenvalue weighted by molar-refractivity contribution is -0.124. The number of H-pyrrole nitrogens is 1. The maximum absolute atomic E-state index is 12.8. The van der Waals surface area contributed by atoms with E-state index >= 15 is 0 Å². The van der Waals surface area contributed by atoms with Crippen LogP contribution in [-0.2, 0) is 4.79 Å². The van der Waals surface area contributed by atoms with Gasteiger partial charge >= 0.3 is 0 Å². The van der Waals surface area contributed by atoms with Gasteiger partial charge < -0.3 is 19.8 Å². The first kappa shape index (κ1) is 21.4. The van der Waals surface area contributed by atoms with Gasteiger partial charge in [-0.1, -0.05) is 12.1 Å². The number of nitrogens with one attached hydrogen (secondary N) is 2. The highest BCUT2D eigenvalue weighted by Crippen LogP contribution is 2.26. The van der Waals surface area contributed by atoms with Gasteiger partial charge in [0.2, 0.25) is 0 Å². The SMILES string of the molecule is CCOc1cc(C)cc2nc(-c3cccc(OCC(=O)NC(C)(C)C)c3)[nH]c(=O)c12. The van der Waals surface area contributed by atoms with Gasteiger partial charge in [-0.2, -0.15) is 0 Å². The van der Waals surface area contributed by atoms with E-state index in [2.05, 4.69) is 15.3 Å². The molecule has 0 radical (unpaired) electrons. The van der Waals surface area contributed by atoms with Crippen LogP contribution in [0, 0.1) is 6.92 Å². The normalized spacial score (nSPS) is 11.4. The third kappa shape index (κ3) is 5.17. The summed E-state index contributed by atoms with van der Waals surface area (Å²) in [5.74, 6) is 1.25. The number of aromatic nitrogens is 2. The van der Waals surface area contributed by atoms with Gasteiger partial charge in [-0.3, -0.25) is 9.59 Å². The Hall–Kier alpha value is -3.35. The first-order chi connectivity index (χ1) is 14.2. The molecular formula is C23H27N3O4. The van der Waals surface area contributed by atoms with Gasteiger partial charge in [0.15, 0.2) is 6.61 Å². The van der Waals surface area contributed by atoms with Gasteiger partial charge in [-0.05, 0) is 64.4 Å². The standard InChI is InChI=1S/C23H27N3O4/c1-6-29-18-11-14(2)10-17-20(18)22(28)25-21(24-17)15-8-7-9-16(12-15)30-13-19(27)26-23(3,4)5/h7-12H,6,13H2,1-5H3,(H,26,27)(H,24,25,28). The van der Waals surface area contributed by atoms with Crippen molar-refractivity contribution < 1.29 is 14.3 Å². The topological polar surface area (TPSA) is 93.3 Å². The number of amides is 1.